The minimum Gasteiger partial charge on any atom is -0.339 e. The monoisotopic (exact) mass is 379 g/mol. The number of para-hydroxylation sites is 2. The van der Waals surface area contributed by atoms with Crippen LogP contribution in [0, 0.1) is 10.1 Å². The molecule has 1 aliphatic rings. The minimum atomic E-state index is -0.496. The van der Waals surface area contributed by atoms with Crippen molar-refractivity contribution in [1.82, 2.24) is 4.90 Å². The van der Waals surface area contributed by atoms with Crippen molar-refractivity contribution in [1.29, 1.82) is 0 Å². The SMILES string of the molecule is O=C(/C=C/c1ccccc1[N+](=O)[O-])Nc1ccccc1C(=O)N1CCCCC1. The number of carbonyl (C=O) groups is 2. The molecule has 0 radical (unpaired) electrons. The molecule has 0 atom stereocenters. The van der Waals surface area contributed by atoms with E-state index >= 15 is 0 Å². The number of carbonyl (C=O) groups excluding carboxylic acids is 2. The van der Waals surface area contributed by atoms with Crippen molar-refractivity contribution in [2.24, 2.45) is 0 Å². The Bertz CT molecular complexity index is 917. The fourth-order valence-corrected chi connectivity index (χ4v) is 3.18. The zero-order chi connectivity index (χ0) is 19.9. The highest BCUT2D eigenvalue weighted by molar-refractivity contribution is 6.07. The molecule has 0 aromatic heterocycles. The molecule has 0 saturated carbocycles. The van der Waals surface area contributed by atoms with Gasteiger partial charge in [-0.2, -0.15) is 0 Å². The van der Waals surface area contributed by atoms with Gasteiger partial charge >= 0.3 is 0 Å². The van der Waals surface area contributed by atoms with Crippen molar-refractivity contribution in [3.05, 3.63) is 75.8 Å². The molecule has 28 heavy (non-hydrogen) atoms. The van der Waals surface area contributed by atoms with Gasteiger partial charge in [0.05, 0.1) is 21.7 Å². The van der Waals surface area contributed by atoms with E-state index < -0.39 is 10.8 Å². The third-order valence-electron chi connectivity index (χ3n) is 4.61. The molecule has 1 saturated heterocycles. The standard InChI is InChI=1S/C21H21N3O4/c25-20(13-12-16-8-2-5-11-19(16)24(27)28)22-18-10-4-3-9-17(18)21(26)23-14-6-1-7-15-23/h2-5,8-13H,1,6-7,14-15H2,(H,22,25)/b13-12+. The number of nitro benzene ring substituents is 1. The number of piperidine rings is 1. The summed E-state index contributed by atoms with van der Waals surface area (Å²) < 4.78 is 0. The largest absolute Gasteiger partial charge is 0.339 e. The second kappa shape index (κ2) is 8.94. The Labute approximate surface area is 162 Å². The number of hydrogen-bond acceptors (Lipinski definition) is 4. The van der Waals surface area contributed by atoms with Crippen molar-refractivity contribution >= 4 is 29.3 Å². The second-order valence-electron chi connectivity index (χ2n) is 6.54. The van der Waals surface area contributed by atoms with Gasteiger partial charge in [0.25, 0.3) is 11.6 Å². The van der Waals surface area contributed by atoms with E-state index in [1.54, 1.807) is 47.4 Å². The normalized spacial score (nSPS) is 14.1. The molecular formula is C21H21N3O4. The summed E-state index contributed by atoms with van der Waals surface area (Å²) in [6, 6.07) is 13.0. The summed E-state index contributed by atoms with van der Waals surface area (Å²) in [6.07, 6.45) is 5.71. The van der Waals surface area contributed by atoms with Gasteiger partial charge in [-0.15, -0.1) is 0 Å². The highest BCUT2D eigenvalue weighted by Crippen LogP contribution is 2.21. The fourth-order valence-electron chi connectivity index (χ4n) is 3.18. The molecule has 2 amide bonds. The van der Waals surface area contributed by atoms with Gasteiger partial charge in [-0.05, 0) is 43.5 Å². The quantitative estimate of drug-likeness (QED) is 0.485. The lowest BCUT2D eigenvalue weighted by Gasteiger charge is -2.27. The van der Waals surface area contributed by atoms with Gasteiger partial charge in [0.15, 0.2) is 0 Å². The van der Waals surface area contributed by atoms with Crippen LogP contribution in [0.3, 0.4) is 0 Å². The Morgan fingerprint density at radius 1 is 1.00 bits per heavy atom. The summed E-state index contributed by atoms with van der Waals surface area (Å²) in [5.41, 5.74) is 1.12. The van der Waals surface area contributed by atoms with Crippen LogP contribution in [-0.2, 0) is 4.79 Å². The molecule has 0 aliphatic carbocycles. The summed E-state index contributed by atoms with van der Waals surface area (Å²) in [5, 5.41) is 13.8. The first-order valence-electron chi connectivity index (χ1n) is 9.17. The lowest BCUT2D eigenvalue weighted by atomic mass is 10.1. The zero-order valence-electron chi connectivity index (χ0n) is 15.3. The highest BCUT2D eigenvalue weighted by atomic mass is 16.6. The summed E-state index contributed by atoms with van der Waals surface area (Å²) in [5.74, 6) is -0.560. The first-order chi connectivity index (χ1) is 13.6. The van der Waals surface area contributed by atoms with Gasteiger partial charge in [-0.1, -0.05) is 24.3 Å². The van der Waals surface area contributed by atoms with E-state index in [-0.39, 0.29) is 11.6 Å². The number of amides is 2. The Balaban J connectivity index is 1.74. The molecule has 7 nitrogen and oxygen atoms in total. The third-order valence-corrected chi connectivity index (χ3v) is 4.61. The average Bonchev–Trinajstić information content (AvgIpc) is 2.73. The van der Waals surface area contributed by atoms with Gasteiger partial charge in [0, 0.05) is 25.2 Å². The van der Waals surface area contributed by atoms with Crippen LogP contribution in [0.15, 0.2) is 54.6 Å². The number of rotatable bonds is 5. The number of nitrogens with zero attached hydrogens (tertiary/aromatic N) is 2. The number of hydrogen-bond donors (Lipinski definition) is 1. The number of likely N-dealkylation sites (tertiary alicyclic amines) is 1. The lowest BCUT2D eigenvalue weighted by Crippen LogP contribution is -2.36. The molecule has 0 unspecified atom stereocenters. The highest BCUT2D eigenvalue weighted by Gasteiger charge is 2.21. The van der Waals surface area contributed by atoms with E-state index in [0.717, 1.165) is 32.4 Å². The number of benzene rings is 2. The smallest absolute Gasteiger partial charge is 0.276 e. The molecule has 0 bridgehead atoms. The van der Waals surface area contributed by atoms with Gasteiger partial charge < -0.3 is 10.2 Å². The topological polar surface area (TPSA) is 92.5 Å². The zero-order valence-corrected chi connectivity index (χ0v) is 15.3. The van der Waals surface area contributed by atoms with Crippen molar-refractivity contribution in [3.63, 3.8) is 0 Å². The van der Waals surface area contributed by atoms with Gasteiger partial charge in [-0.25, -0.2) is 0 Å². The molecule has 1 aliphatic heterocycles. The van der Waals surface area contributed by atoms with E-state index in [1.807, 2.05) is 0 Å². The summed E-state index contributed by atoms with van der Waals surface area (Å²) in [6.45, 7) is 1.44. The van der Waals surface area contributed by atoms with Crippen molar-refractivity contribution < 1.29 is 14.5 Å². The van der Waals surface area contributed by atoms with Crippen LogP contribution in [0.5, 0.6) is 0 Å². The van der Waals surface area contributed by atoms with Gasteiger partial charge in [0.2, 0.25) is 5.91 Å². The van der Waals surface area contributed by atoms with E-state index in [0.29, 0.717) is 16.8 Å². The first kappa shape index (κ1) is 19.3. The van der Waals surface area contributed by atoms with E-state index in [9.17, 15) is 19.7 Å². The van der Waals surface area contributed by atoms with Crippen LogP contribution < -0.4 is 5.32 Å². The maximum absolute atomic E-state index is 12.8. The Morgan fingerprint density at radius 2 is 1.68 bits per heavy atom. The summed E-state index contributed by atoms with van der Waals surface area (Å²) in [7, 11) is 0. The van der Waals surface area contributed by atoms with Crippen molar-refractivity contribution in [3.8, 4) is 0 Å². The van der Waals surface area contributed by atoms with Crippen LogP contribution in [0.1, 0.15) is 35.2 Å². The fraction of sp³-hybridized carbons (Fsp3) is 0.238. The van der Waals surface area contributed by atoms with Crippen molar-refractivity contribution in [2.45, 2.75) is 19.3 Å². The second-order valence-corrected chi connectivity index (χ2v) is 6.54. The number of nitro groups is 1. The van der Waals surface area contributed by atoms with Crippen molar-refractivity contribution in [2.75, 3.05) is 18.4 Å². The molecule has 0 spiro atoms. The molecule has 1 heterocycles. The number of nitrogens with one attached hydrogen (secondary N) is 1. The Kier molecular flexibility index (Phi) is 6.16. The van der Waals surface area contributed by atoms with Crippen LogP contribution >= 0.6 is 0 Å². The molecule has 7 heteroatoms. The molecule has 3 rings (SSSR count). The lowest BCUT2D eigenvalue weighted by molar-refractivity contribution is -0.385. The molecular weight excluding hydrogens is 358 g/mol. The predicted molar refractivity (Wildman–Crippen MR) is 107 cm³/mol. The predicted octanol–water partition coefficient (Wildman–Crippen LogP) is 3.87. The van der Waals surface area contributed by atoms with Crippen LogP contribution in [-0.4, -0.2) is 34.7 Å². The Morgan fingerprint density at radius 3 is 2.43 bits per heavy atom. The van der Waals surface area contributed by atoms with Crippen LogP contribution in [0.25, 0.3) is 6.08 Å². The number of anilines is 1. The molecule has 2 aromatic rings. The minimum absolute atomic E-state index is 0.0766. The van der Waals surface area contributed by atoms with E-state index in [4.69, 9.17) is 0 Å². The molecule has 1 fully saturated rings. The average molecular weight is 379 g/mol. The molecule has 144 valence electrons. The summed E-state index contributed by atoms with van der Waals surface area (Å²) >= 11 is 0. The third kappa shape index (κ3) is 4.62. The van der Waals surface area contributed by atoms with Crippen LogP contribution in [0.2, 0.25) is 0 Å². The maximum atomic E-state index is 12.8. The van der Waals surface area contributed by atoms with E-state index in [1.165, 1.54) is 18.2 Å². The molecule has 1 N–H and O–H groups in total. The first-order valence-corrected chi connectivity index (χ1v) is 9.17. The Hall–Kier alpha value is -3.48. The van der Waals surface area contributed by atoms with Gasteiger partial charge in [-0.3, -0.25) is 19.7 Å². The molecule has 2 aromatic carbocycles. The maximum Gasteiger partial charge on any atom is 0.276 e. The summed E-state index contributed by atoms with van der Waals surface area (Å²) in [4.78, 5) is 37.5. The van der Waals surface area contributed by atoms with Crippen LogP contribution in [0.4, 0.5) is 11.4 Å². The van der Waals surface area contributed by atoms with Gasteiger partial charge in [0.1, 0.15) is 0 Å². The van der Waals surface area contributed by atoms with E-state index in [2.05, 4.69) is 5.32 Å².